The Bertz CT molecular complexity index is 881. The Morgan fingerprint density at radius 3 is 2.52 bits per heavy atom. The zero-order chi connectivity index (χ0) is 17.6. The van der Waals surface area contributed by atoms with Crippen molar-refractivity contribution in [1.82, 2.24) is 5.32 Å². The van der Waals surface area contributed by atoms with Gasteiger partial charge in [-0.15, -0.1) is 0 Å². The minimum atomic E-state index is -0.0916. The molecule has 0 aliphatic heterocycles. The number of aromatic amines is 1. The number of hydrogen-bond acceptors (Lipinski definition) is 2. The molecule has 4 nitrogen and oxygen atoms in total. The van der Waals surface area contributed by atoms with Crippen LogP contribution in [0.15, 0.2) is 54.7 Å². The van der Waals surface area contributed by atoms with E-state index in [1.807, 2.05) is 30.5 Å². The standard InChI is InChI=1S/C19H17Cl2N3O/c20-14-4-2-13(3-5-14)19(25)24-10-1-9-22-17-8-11-23-18-12-15(21)6-7-16(17)18/h2-8,11-12H,1,9-10H2,(H,22,23)(H,24,25)/p+1. The van der Waals surface area contributed by atoms with Crippen LogP contribution in [0.2, 0.25) is 10.0 Å². The first-order valence-corrected chi connectivity index (χ1v) is 8.77. The van der Waals surface area contributed by atoms with Crippen LogP contribution in [0.3, 0.4) is 0 Å². The molecule has 6 heteroatoms. The van der Waals surface area contributed by atoms with Gasteiger partial charge in [-0.1, -0.05) is 23.2 Å². The first-order valence-electron chi connectivity index (χ1n) is 8.01. The van der Waals surface area contributed by atoms with E-state index in [0.29, 0.717) is 22.2 Å². The number of anilines is 1. The lowest BCUT2D eigenvalue weighted by Gasteiger charge is -2.09. The van der Waals surface area contributed by atoms with Crippen LogP contribution in [-0.4, -0.2) is 19.0 Å². The van der Waals surface area contributed by atoms with E-state index in [2.05, 4.69) is 15.6 Å². The SMILES string of the molecule is O=C(NCCCNc1cc[nH+]c2cc(Cl)ccc12)c1ccc(Cl)cc1. The number of nitrogens with one attached hydrogen (secondary N) is 3. The number of amides is 1. The van der Waals surface area contributed by atoms with Crippen LogP contribution in [0.5, 0.6) is 0 Å². The van der Waals surface area contributed by atoms with Crippen LogP contribution in [0, 0.1) is 0 Å². The highest BCUT2D eigenvalue weighted by Gasteiger charge is 2.07. The maximum absolute atomic E-state index is 12.0. The van der Waals surface area contributed by atoms with E-state index < -0.39 is 0 Å². The molecular formula is C19H18Cl2N3O+. The molecule has 3 rings (SSSR count). The molecule has 1 amide bonds. The fourth-order valence-corrected chi connectivity index (χ4v) is 2.84. The summed E-state index contributed by atoms with van der Waals surface area (Å²) in [7, 11) is 0. The summed E-state index contributed by atoms with van der Waals surface area (Å²) in [5.41, 5.74) is 2.63. The number of aromatic nitrogens is 1. The highest BCUT2D eigenvalue weighted by Crippen LogP contribution is 2.22. The number of rotatable bonds is 6. The quantitative estimate of drug-likeness (QED) is 0.635. The highest BCUT2D eigenvalue weighted by molar-refractivity contribution is 6.31. The summed E-state index contributed by atoms with van der Waals surface area (Å²) in [6.07, 6.45) is 2.69. The van der Waals surface area contributed by atoms with Crippen molar-refractivity contribution in [2.45, 2.75) is 6.42 Å². The van der Waals surface area contributed by atoms with Crippen molar-refractivity contribution in [2.75, 3.05) is 18.4 Å². The molecule has 0 radical (unpaired) electrons. The van der Waals surface area contributed by atoms with Crippen molar-refractivity contribution in [3.63, 3.8) is 0 Å². The minimum absolute atomic E-state index is 0.0916. The number of benzene rings is 2. The number of hydrogen-bond donors (Lipinski definition) is 2. The Morgan fingerprint density at radius 1 is 0.960 bits per heavy atom. The van der Waals surface area contributed by atoms with Gasteiger partial charge in [0.1, 0.15) is 0 Å². The van der Waals surface area contributed by atoms with Crippen LogP contribution < -0.4 is 15.6 Å². The Kier molecular flexibility index (Phi) is 5.74. The largest absolute Gasteiger partial charge is 0.384 e. The van der Waals surface area contributed by atoms with Crippen molar-refractivity contribution < 1.29 is 9.78 Å². The lowest BCUT2D eigenvalue weighted by Crippen LogP contribution is -2.25. The Labute approximate surface area is 156 Å². The number of carbonyl (C=O) groups excluding carboxylic acids is 1. The first kappa shape index (κ1) is 17.5. The molecular weight excluding hydrogens is 357 g/mol. The van der Waals surface area contributed by atoms with E-state index in [-0.39, 0.29) is 5.91 Å². The van der Waals surface area contributed by atoms with Crippen molar-refractivity contribution in [3.8, 4) is 0 Å². The van der Waals surface area contributed by atoms with Crippen molar-refractivity contribution >= 4 is 45.7 Å². The van der Waals surface area contributed by atoms with E-state index in [1.165, 1.54) is 0 Å². The number of H-pyrrole nitrogens is 1. The van der Waals surface area contributed by atoms with Crippen LogP contribution in [0.4, 0.5) is 5.69 Å². The van der Waals surface area contributed by atoms with E-state index in [0.717, 1.165) is 29.6 Å². The molecule has 0 aliphatic carbocycles. The third kappa shape index (κ3) is 4.62. The van der Waals surface area contributed by atoms with Gasteiger partial charge in [-0.05, 0) is 42.8 Å². The van der Waals surface area contributed by atoms with Gasteiger partial charge in [0, 0.05) is 40.8 Å². The van der Waals surface area contributed by atoms with Gasteiger partial charge in [0.25, 0.3) is 5.91 Å². The molecule has 3 N–H and O–H groups in total. The van der Waals surface area contributed by atoms with Gasteiger partial charge < -0.3 is 10.6 Å². The maximum Gasteiger partial charge on any atom is 0.251 e. The molecule has 0 fully saturated rings. The molecule has 0 saturated carbocycles. The smallest absolute Gasteiger partial charge is 0.251 e. The van der Waals surface area contributed by atoms with Gasteiger partial charge >= 0.3 is 0 Å². The molecule has 0 unspecified atom stereocenters. The Hall–Kier alpha value is -2.30. The van der Waals surface area contributed by atoms with Crippen molar-refractivity contribution in [1.29, 1.82) is 0 Å². The molecule has 0 aliphatic rings. The lowest BCUT2D eigenvalue weighted by molar-refractivity contribution is -0.344. The minimum Gasteiger partial charge on any atom is -0.384 e. The fraction of sp³-hybridized carbons (Fsp3) is 0.158. The second-order valence-corrected chi connectivity index (χ2v) is 6.50. The molecule has 25 heavy (non-hydrogen) atoms. The number of pyridine rings is 1. The van der Waals surface area contributed by atoms with Crippen LogP contribution in [-0.2, 0) is 0 Å². The van der Waals surface area contributed by atoms with E-state index in [9.17, 15) is 4.79 Å². The average molecular weight is 375 g/mol. The lowest BCUT2D eigenvalue weighted by atomic mass is 10.2. The van der Waals surface area contributed by atoms with Crippen molar-refractivity contribution in [3.05, 3.63) is 70.3 Å². The summed E-state index contributed by atoms with van der Waals surface area (Å²) >= 11 is 11.8. The van der Waals surface area contributed by atoms with Crippen LogP contribution in [0.1, 0.15) is 16.8 Å². The van der Waals surface area contributed by atoms with E-state index in [1.54, 1.807) is 24.3 Å². The zero-order valence-corrected chi connectivity index (χ0v) is 15.0. The molecule has 3 aromatic rings. The molecule has 0 atom stereocenters. The summed E-state index contributed by atoms with van der Waals surface area (Å²) in [6.45, 7) is 1.35. The highest BCUT2D eigenvalue weighted by atomic mass is 35.5. The van der Waals surface area contributed by atoms with Crippen molar-refractivity contribution in [2.24, 2.45) is 0 Å². The molecule has 1 aromatic heterocycles. The van der Waals surface area contributed by atoms with Gasteiger partial charge in [0.2, 0.25) is 5.52 Å². The second-order valence-electron chi connectivity index (χ2n) is 5.62. The zero-order valence-electron chi connectivity index (χ0n) is 13.5. The summed E-state index contributed by atoms with van der Waals surface area (Å²) in [6, 6.07) is 14.6. The Balaban J connectivity index is 1.49. The summed E-state index contributed by atoms with van der Waals surface area (Å²) in [5.74, 6) is -0.0916. The van der Waals surface area contributed by atoms with Gasteiger partial charge in [0.05, 0.1) is 11.1 Å². The monoisotopic (exact) mass is 374 g/mol. The molecule has 0 saturated heterocycles. The number of halogens is 2. The fourth-order valence-electron chi connectivity index (χ4n) is 2.55. The van der Waals surface area contributed by atoms with E-state index >= 15 is 0 Å². The molecule has 2 aromatic carbocycles. The topological polar surface area (TPSA) is 55.3 Å². The van der Waals surface area contributed by atoms with Crippen LogP contribution in [0.25, 0.3) is 10.9 Å². The Morgan fingerprint density at radius 2 is 1.72 bits per heavy atom. The maximum atomic E-state index is 12.0. The summed E-state index contributed by atoms with van der Waals surface area (Å²) < 4.78 is 0. The number of fused-ring (bicyclic) bond motifs is 1. The number of carbonyl (C=O) groups is 1. The van der Waals surface area contributed by atoms with Gasteiger partial charge in [0.15, 0.2) is 6.20 Å². The second kappa shape index (κ2) is 8.19. The average Bonchev–Trinajstić information content (AvgIpc) is 2.61. The van der Waals surface area contributed by atoms with Gasteiger partial charge in [-0.3, -0.25) is 4.79 Å². The predicted molar refractivity (Wildman–Crippen MR) is 102 cm³/mol. The summed E-state index contributed by atoms with van der Waals surface area (Å²) in [5, 5.41) is 8.70. The molecule has 1 heterocycles. The van der Waals surface area contributed by atoms with E-state index in [4.69, 9.17) is 23.2 Å². The van der Waals surface area contributed by atoms with Crippen LogP contribution >= 0.6 is 23.2 Å². The van der Waals surface area contributed by atoms with Gasteiger partial charge in [-0.25, -0.2) is 4.98 Å². The third-order valence-corrected chi connectivity index (χ3v) is 4.31. The van der Waals surface area contributed by atoms with Gasteiger partial charge in [-0.2, -0.15) is 0 Å². The third-order valence-electron chi connectivity index (χ3n) is 3.82. The predicted octanol–water partition coefficient (Wildman–Crippen LogP) is 4.19. The normalized spacial score (nSPS) is 10.6. The molecule has 0 spiro atoms. The first-order chi connectivity index (χ1) is 12.1. The molecule has 128 valence electrons. The summed E-state index contributed by atoms with van der Waals surface area (Å²) in [4.78, 5) is 15.2. The molecule has 0 bridgehead atoms.